The molecule has 0 aromatic carbocycles. The number of hydrogen-bond donors (Lipinski definition) is 3. The van der Waals surface area contributed by atoms with E-state index < -0.39 is 0 Å². The number of thiophene rings is 1. The van der Waals surface area contributed by atoms with Gasteiger partial charge in [-0.05, 0) is 24.8 Å². The lowest BCUT2D eigenvalue weighted by molar-refractivity contribution is 0.0957. The highest BCUT2D eigenvalue weighted by molar-refractivity contribution is 7.12. The molecule has 0 radical (unpaired) electrons. The zero-order valence-corrected chi connectivity index (χ0v) is 13.5. The maximum Gasteiger partial charge on any atom is 0.261 e. The van der Waals surface area contributed by atoms with Crippen LogP contribution in [0, 0.1) is 0 Å². The minimum absolute atomic E-state index is 0.0147. The zero-order valence-electron chi connectivity index (χ0n) is 12.6. The molecule has 0 spiro atoms. The molecular formula is C14H24N4O2S. The monoisotopic (exact) mass is 312 g/mol. The van der Waals surface area contributed by atoms with E-state index in [2.05, 4.69) is 20.9 Å². The molecule has 3 N–H and O–H groups in total. The van der Waals surface area contributed by atoms with Crippen LogP contribution in [0.3, 0.4) is 0 Å². The molecule has 118 valence electrons. The predicted octanol–water partition coefficient (Wildman–Crippen LogP) is 1.07. The van der Waals surface area contributed by atoms with Crippen LogP contribution in [0.15, 0.2) is 22.5 Å². The highest BCUT2D eigenvalue weighted by Crippen LogP contribution is 2.07. The SMILES string of the molecule is CCNC(=NCCCNC(=O)c1cccs1)NCCOC. The molecule has 1 aromatic rings. The summed E-state index contributed by atoms with van der Waals surface area (Å²) in [5, 5.41) is 11.1. The molecule has 0 aliphatic rings. The topological polar surface area (TPSA) is 74.8 Å². The van der Waals surface area contributed by atoms with Crippen LogP contribution < -0.4 is 16.0 Å². The first-order valence-corrected chi connectivity index (χ1v) is 7.98. The van der Waals surface area contributed by atoms with Crippen LogP contribution in [0.4, 0.5) is 0 Å². The summed E-state index contributed by atoms with van der Waals surface area (Å²) in [4.78, 5) is 16.9. The summed E-state index contributed by atoms with van der Waals surface area (Å²) >= 11 is 1.45. The van der Waals surface area contributed by atoms with E-state index in [0.29, 0.717) is 19.7 Å². The minimum atomic E-state index is -0.0147. The average Bonchev–Trinajstić information content (AvgIpc) is 3.01. The number of ether oxygens (including phenoxy) is 1. The fraction of sp³-hybridized carbons (Fsp3) is 0.571. The Hall–Kier alpha value is -1.60. The van der Waals surface area contributed by atoms with Gasteiger partial charge < -0.3 is 20.7 Å². The second kappa shape index (κ2) is 11.1. The normalized spacial score (nSPS) is 11.2. The molecule has 0 saturated heterocycles. The molecule has 1 rings (SSSR count). The van der Waals surface area contributed by atoms with Crippen LogP contribution in [-0.4, -0.2) is 51.8 Å². The van der Waals surface area contributed by atoms with Crippen molar-refractivity contribution in [2.24, 2.45) is 4.99 Å². The fourth-order valence-electron chi connectivity index (χ4n) is 1.58. The number of nitrogens with zero attached hydrogens (tertiary/aromatic N) is 1. The minimum Gasteiger partial charge on any atom is -0.383 e. The first kappa shape index (κ1) is 17.5. The van der Waals surface area contributed by atoms with Crippen LogP contribution in [-0.2, 0) is 4.74 Å². The maximum atomic E-state index is 11.7. The second-order valence-electron chi connectivity index (χ2n) is 4.27. The van der Waals surface area contributed by atoms with Crippen LogP contribution in [0.2, 0.25) is 0 Å². The van der Waals surface area contributed by atoms with Crippen molar-refractivity contribution in [2.75, 3.05) is 39.9 Å². The van der Waals surface area contributed by atoms with Crippen molar-refractivity contribution < 1.29 is 9.53 Å². The van der Waals surface area contributed by atoms with E-state index >= 15 is 0 Å². The van der Waals surface area contributed by atoms with Gasteiger partial charge in [-0.1, -0.05) is 6.07 Å². The number of carbonyl (C=O) groups is 1. The Labute approximate surface area is 130 Å². The Morgan fingerprint density at radius 2 is 2.19 bits per heavy atom. The molecule has 1 amide bonds. The Morgan fingerprint density at radius 3 is 2.86 bits per heavy atom. The van der Waals surface area contributed by atoms with Gasteiger partial charge in [0.25, 0.3) is 5.91 Å². The van der Waals surface area contributed by atoms with E-state index in [1.54, 1.807) is 7.11 Å². The summed E-state index contributed by atoms with van der Waals surface area (Å²) in [6.07, 6.45) is 0.804. The van der Waals surface area contributed by atoms with Crippen molar-refractivity contribution in [2.45, 2.75) is 13.3 Å². The van der Waals surface area contributed by atoms with E-state index in [4.69, 9.17) is 4.74 Å². The number of hydrogen-bond acceptors (Lipinski definition) is 4. The van der Waals surface area contributed by atoms with Crippen molar-refractivity contribution in [1.82, 2.24) is 16.0 Å². The predicted molar refractivity (Wildman–Crippen MR) is 87.1 cm³/mol. The quantitative estimate of drug-likeness (QED) is 0.362. The molecule has 21 heavy (non-hydrogen) atoms. The molecule has 0 unspecified atom stereocenters. The van der Waals surface area contributed by atoms with Gasteiger partial charge in [0.15, 0.2) is 5.96 Å². The zero-order chi connectivity index (χ0) is 15.3. The van der Waals surface area contributed by atoms with Gasteiger partial charge in [-0.2, -0.15) is 0 Å². The summed E-state index contributed by atoms with van der Waals surface area (Å²) in [5.74, 6) is 0.762. The highest BCUT2D eigenvalue weighted by Gasteiger charge is 2.04. The maximum absolute atomic E-state index is 11.7. The molecule has 1 aromatic heterocycles. The third-order valence-corrected chi connectivity index (χ3v) is 3.45. The van der Waals surface area contributed by atoms with E-state index in [1.807, 2.05) is 24.4 Å². The van der Waals surface area contributed by atoms with E-state index in [9.17, 15) is 4.79 Å². The summed E-state index contributed by atoms with van der Waals surface area (Å²) in [6.45, 7) is 5.48. The lowest BCUT2D eigenvalue weighted by atomic mass is 10.4. The summed E-state index contributed by atoms with van der Waals surface area (Å²) in [5.41, 5.74) is 0. The van der Waals surface area contributed by atoms with Gasteiger partial charge >= 0.3 is 0 Å². The standard InChI is InChI=1S/C14H24N4O2S/c1-3-15-14(18-9-10-20-2)17-8-5-7-16-13(19)12-6-4-11-21-12/h4,6,11H,3,5,7-10H2,1-2H3,(H,16,19)(H2,15,17,18). The third-order valence-electron chi connectivity index (χ3n) is 2.58. The van der Waals surface area contributed by atoms with Crippen LogP contribution in [0.1, 0.15) is 23.0 Å². The van der Waals surface area contributed by atoms with E-state index in [1.165, 1.54) is 11.3 Å². The van der Waals surface area contributed by atoms with E-state index in [-0.39, 0.29) is 5.91 Å². The summed E-state index contributed by atoms with van der Waals surface area (Å²) in [6, 6.07) is 3.69. The summed E-state index contributed by atoms with van der Waals surface area (Å²) < 4.78 is 4.98. The van der Waals surface area contributed by atoms with Crippen LogP contribution in [0.5, 0.6) is 0 Å². The molecule has 0 atom stereocenters. The summed E-state index contributed by atoms with van der Waals surface area (Å²) in [7, 11) is 1.67. The van der Waals surface area contributed by atoms with Gasteiger partial charge in [0.05, 0.1) is 11.5 Å². The Morgan fingerprint density at radius 1 is 1.33 bits per heavy atom. The van der Waals surface area contributed by atoms with E-state index in [0.717, 1.165) is 30.3 Å². The number of nitrogens with one attached hydrogen (secondary N) is 3. The number of amides is 1. The van der Waals surface area contributed by atoms with Crippen LogP contribution >= 0.6 is 11.3 Å². The molecule has 6 nitrogen and oxygen atoms in total. The second-order valence-corrected chi connectivity index (χ2v) is 5.21. The fourth-order valence-corrected chi connectivity index (χ4v) is 2.22. The van der Waals surface area contributed by atoms with Crippen molar-refractivity contribution in [3.8, 4) is 0 Å². The molecular weight excluding hydrogens is 288 g/mol. The average molecular weight is 312 g/mol. The van der Waals surface area contributed by atoms with Crippen molar-refractivity contribution in [3.05, 3.63) is 22.4 Å². The Balaban J connectivity index is 2.19. The van der Waals surface area contributed by atoms with Gasteiger partial charge in [0.1, 0.15) is 0 Å². The van der Waals surface area contributed by atoms with Gasteiger partial charge in [-0.3, -0.25) is 9.79 Å². The van der Waals surface area contributed by atoms with Gasteiger partial charge in [-0.25, -0.2) is 0 Å². The van der Waals surface area contributed by atoms with Gasteiger partial charge in [0, 0.05) is 33.3 Å². The first-order chi connectivity index (χ1) is 10.3. The number of rotatable bonds is 9. The number of methoxy groups -OCH3 is 1. The Bertz CT molecular complexity index is 421. The van der Waals surface area contributed by atoms with Gasteiger partial charge in [-0.15, -0.1) is 11.3 Å². The number of carbonyl (C=O) groups excluding carboxylic acids is 1. The van der Waals surface area contributed by atoms with Crippen molar-refractivity contribution in [1.29, 1.82) is 0 Å². The largest absolute Gasteiger partial charge is 0.383 e. The molecule has 7 heteroatoms. The molecule has 0 aliphatic carbocycles. The van der Waals surface area contributed by atoms with Crippen molar-refractivity contribution >= 4 is 23.2 Å². The van der Waals surface area contributed by atoms with Crippen molar-refractivity contribution in [3.63, 3.8) is 0 Å². The number of guanidine groups is 1. The molecule has 1 heterocycles. The molecule has 0 bridgehead atoms. The lowest BCUT2D eigenvalue weighted by Gasteiger charge is -2.10. The molecule has 0 saturated carbocycles. The third kappa shape index (κ3) is 7.67. The van der Waals surface area contributed by atoms with Crippen LogP contribution in [0.25, 0.3) is 0 Å². The smallest absolute Gasteiger partial charge is 0.261 e. The Kier molecular flexibility index (Phi) is 9.23. The molecule has 0 fully saturated rings. The lowest BCUT2D eigenvalue weighted by Crippen LogP contribution is -2.39. The number of aliphatic imine (C=N–C) groups is 1. The first-order valence-electron chi connectivity index (χ1n) is 7.10. The molecule has 0 aliphatic heterocycles. The highest BCUT2D eigenvalue weighted by atomic mass is 32.1. The van der Waals surface area contributed by atoms with Gasteiger partial charge in [0.2, 0.25) is 0 Å².